The first kappa shape index (κ1) is 42.3. The van der Waals surface area contributed by atoms with Gasteiger partial charge in [0.1, 0.15) is 35.3 Å². The third kappa shape index (κ3) is 10.0. The number of ether oxygens (including phenoxy) is 7. The molecule has 7 heterocycles. The summed E-state index contributed by atoms with van der Waals surface area (Å²) in [5.41, 5.74) is 1.29. The molecular weight excluding hydrogens is 720 g/mol. The Kier molecular flexibility index (Phi) is 14.9. The summed E-state index contributed by atoms with van der Waals surface area (Å²) in [4.78, 5) is 26.9. The Labute approximate surface area is 324 Å². The van der Waals surface area contributed by atoms with Crippen LogP contribution < -0.4 is 0 Å². The van der Waals surface area contributed by atoms with Crippen molar-refractivity contribution in [3.8, 4) is 0 Å². The number of aliphatic hydroxyl groups is 4. The quantitative estimate of drug-likeness (QED) is 0.203. The fraction of sp³-hybridized carbons (Fsp3) is 0.850. The van der Waals surface area contributed by atoms with E-state index in [1.165, 1.54) is 0 Å². The van der Waals surface area contributed by atoms with Crippen molar-refractivity contribution >= 4 is 24.2 Å². The van der Waals surface area contributed by atoms with Crippen molar-refractivity contribution in [1.29, 1.82) is 0 Å². The van der Waals surface area contributed by atoms with Crippen molar-refractivity contribution in [2.24, 2.45) is 11.8 Å². The number of fused-ring (bicyclic) bond motifs is 8. The molecule has 14 heteroatoms. The standard InChI is InChI=1S/C40H62O13S/c1-20-11-27-7-9-30-21(2)12-26(48-30)6-5-23(43)15-34-37(46)39(36(19-42)52-34)53-31-10-8-28(50-40(31)54)13-24(44)14-29-33(17-32(49-27)22(20)3)51-35(38(29)47-4)16-25(45)18-41/h20,25-42,45-46,54H,2-3,5-19H2,1,4H3/t20-,25?,26?,27+,28?,29?,30?,31?,32?,33+,34-,35?,36?,37?,38-,39-,40-/m1/s1. The number of ketones is 2. The second-order valence-corrected chi connectivity index (χ2v) is 17.0. The lowest BCUT2D eigenvalue weighted by Gasteiger charge is -2.38. The Morgan fingerprint density at radius 2 is 1.52 bits per heavy atom. The smallest absolute Gasteiger partial charge is 0.135 e. The molecule has 7 aliphatic rings. The normalized spacial score (nSPS) is 45.1. The lowest BCUT2D eigenvalue weighted by Crippen LogP contribution is -2.45. The van der Waals surface area contributed by atoms with Gasteiger partial charge in [-0.3, -0.25) is 9.59 Å². The number of methoxy groups -OCH3 is 1. The van der Waals surface area contributed by atoms with E-state index in [-0.39, 0.29) is 86.5 Å². The highest BCUT2D eigenvalue weighted by Crippen LogP contribution is 2.42. The molecule has 0 aromatic rings. The van der Waals surface area contributed by atoms with E-state index in [2.05, 4.69) is 32.7 Å². The number of carbonyl (C=O) groups excluding carboxylic acids is 2. The first-order valence-corrected chi connectivity index (χ1v) is 20.5. The highest BCUT2D eigenvalue weighted by Gasteiger charge is 2.49. The zero-order valence-corrected chi connectivity index (χ0v) is 32.6. The van der Waals surface area contributed by atoms with Gasteiger partial charge in [0.25, 0.3) is 0 Å². The summed E-state index contributed by atoms with van der Waals surface area (Å²) < 4.78 is 44.0. The van der Waals surface area contributed by atoms with Crippen LogP contribution in [-0.4, -0.2) is 143 Å². The van der Waals surface area contributed by atoms with Crippen LogP contribution in [0.5, 0.6) is 0 Å². The second-order valence-electron chi connectivity index (χ2n) is 16.5. The molecule has 8 bridgehead atoms. The first-order chi connectivity index (χ1) is 25.9. The number of rotatable bonds is 5. The van der Waals surface area contributed by atoms with Crippen LogP contribution in [-0.2, 0) is 42.7 Å². The van der Waals surface area contributed by atoms with Crippen LogP contribution in [0.1, 0.15) is 90.4 Å². The van der Waals surface area contributed by atoms with E-state index < -0.39 is 73.1 Å². The molecule has 7 fully saturated rings. The molecule has 0 saturated carbocycles. The largest absolute Gasteiger partial charge is 0.394 e. The van der Waals surface area contributed by atoms with Gasteiger partial charge in [-0.05, 0) is 62.0 Å². The molecule has 10 unspecified atom stereocenters. The van der Waals surface area contributed by atoms with Gasteiger partial charge in [-0.1, -0.05) is 20.1 Å². The molecule has 7 aliphatic heterocycles. The van der Waals surface area contributed by atoms with E-state index >= 15 is 0 Å². The minimum Gasteiger partial charge on any atom is -0.394 e. The van der Waals surface area contributed by atoms with E-state index in [9.17, 15) is 30.0 Å². The Hall–Kier alpha value is -1.27. The van der Waals surface area contributed by atoms with Crippen molar-refractivity contribution in [2.75, 3.05) is 20.3 Å². The fourth-order valence-corrected chi connectivity index (χ4v) is 9.92. The Morgan fingerprint density at radius 3 is 2.24 bits per heavy atom. The van der Waals surface area contributed by atoms with Crippen molar-refractivity contribution < 1.29 is 63.2 Å². The van der Waals surface area contributed by atoms with Crippen LogP contribution in [0.4, 0.5) is 0 Å². The van der Waals surface area contributed by atoms with Gasteiger partial charge in [0.15, 0.2) is 0 Å². The third-order valence-corrected chi connectivity index (χ3v) is 13.0. The molecule has 17 atom stereocenters. The van der Waals surface area contributed by atoms with Gasteiger partial charge in [0.2, 0.25) is 0 Å². The van der Waals surface area contributed by atoms with E-state index in [1.54, 1.807) is 7.11 Å². The van der Waals surface area contributed by atoms with Gasteiger partial charge in [0, 0.05) is 51.6 Å². The molecule has 13 nitrogen and oxygen atoms in total. The summed E-state index contributed by atoms with van der Waals surface area (Å²) in [6.07, 6.45) is -1.93. The van der Waals surface area contributed by atoms with Gasteiger partial charge < -0.3 is 53.6 Å². The van der Waals surface area contributed by atoms with Crippen LogP contribution in [0.15, 0.2) is 24.3 Å². The number of hydrogen-bond acceptors (Lipinski definition) is 14. The molecule has 7 saturated heterocycles. The maximum absolute atomic E-state index is 13.8. The number of hydrogen-bond donors (Lipinski definition) is 5. The lowest BCUT2D eigenvalue weighted by molar-refractivity contribution is -0.156. The monoisotopic (exact) mass is 782 g/mol. The summed E-state index contributed by atoms with van der Waals surface area (Å²) in [5, 5.41) is 41.3. The summed E-state index contributed by atoms with van der Waals surface area (Å²) >= 11 is 4.65. The van der Waals surface area contributed by atoms with E-state index in [0.717, 1.165) is 30.4 Å². The van der Waals surface area contributed by atoms with E-state index in [1.807, 2.05) is 0 Å². The van der Waals surface area contributed by atoms with Crippen LogP contribution in [0.25, 0.3) is 0 Å². The molecule has 0 aromatic carbocycles. The zero-order valence-electron chi connectivity index (χ0n) is 31.7. The predicted molar refractivity (Wildman–Crippen MR) is 199 cm³/mol. The molecular formula is C40H62O13S. The maximum atomic E-state index is 13.8. The number of Topliss-reactive ketones (excluding diaryl/α,β-unsaturated/α-hetero) is 2. The molecule has 0 spiro atoms. The highest BCUT2D eigenvalue weighted by atomic mass is 32.1. The Balaban J connectivity index is 1.20. The minimum atomic E-state index is -1.13. The van der Waals surface area contributed by atoms with E-state index in [4.69, 9.17) is 33.2 Å². The average molecular weight is 783 g/mol. The van der Waals surface area contributed by atoms with Gasteiger partial charge in [-0.25, -0.2) is 0 Å². The minimum absolute atomic E-state index is 0.00643. The van der Waals surface area contributed by atoms with Crippen LogP contribution in [0.3, 0.4) is 0 Å². The van der Waals surface area contributed by atoms with Crippen molar-refractivity contribution in [2.45, 2.75) is 181 Å². The maximum Gasteiger partial charge on any atom is 0.135 e. The van der Waals surface area contributed by atoms with Crippen LogP contribution in [0.2, 0.25) is 0 Å². The van der Waals surface area contributed by atoms with Crippen molar-refractivity contribution in [3.05, 3.63) is 24.3 Å². The summed E-state index contributed by atoms with van der Waals surface area (Å²) in [7, 11) is 1.58. The second kappa shape index (κ2) is 19.0. The molecule has 0 amide bonds. The summed E-state index contributed by atoms with van der Waals surface area (Å²) in [6, 6.07) is 0. The van der Waals surface area contributed by atoms with Crippen LogP contribution >= 0.6 is 12.6 Å². The number of carbonyl (C=O) groups is 2. The topological polar surface area (TPSA) is 180 Å². The molecule has 306 valence electrons. The number of aliphatic hydroxyl groups excluding tert-OH is 4. The van der Waals surface area contributed by atoms with Gasteiger partial charge in [-0.15, -0.1) is 12.6 Å². The third-order valence-electron chi connectivity index (χ3n) is 12.6. The highest BCUT2D eigenvalue weighted by molar-refractivity contribution is 7.80. The zero-order chi connectivity index (χ0) is 38.7. The van der Waals surface area contributed by atoms with Crippen LogP contribution in [0, 0.1) is 11.8 Å². The molecule has 0 aromatic heterocycles. The summed E-state index contributed by atoms with van der Waals surface area (Å²) in [6.45, 7) is 10.1. The molecule has 54 heavy (non-hydrogen) atoms. The molecule has 0 aliphatic carbocycles. The fourth-order valence-electron chi connectivity index (χ4n) is 9.53. The SMILES string of the molecule is C=C1CC2CCC(=O)C[C@H]3OC(CO)[C@@H](OC4CCC(CC(=O)CC5[C@@H](OC)C(CC(O)CO)O[C@H]5CC5O[C@@H](CCC1O2)C[C@@H](C)C5=C)O[C@@H]4S)C3O. The van der Waals surface area contributed by atoms with Gasteiger partial charge in [0.05, 0.1) is 80.4 Å². The lowest BCUT2D eigenvalue weighted by atomic mass is 9.81. The predicted octanol–water partition coefficient (Wildman–Crippen LogP) is 2.77. The van der Waals surface area contributed by atoms with Crippen molar-refractivity contribution in [3.63, 3.8) is 0 Å². The number of thiol groups is 1. The first-order valence-electron chi connectivity index (χ1n) is 20.0. The Morgan fingerprint density at radius 1 is 0.796 bits per heavy atom. The summed E-state index contributed by atoms with van der Waals surface area (Å²) in [5.74, 6) is -0.216. The molecule has 4 N–H and O–H groups in total. The van der Waals surface area contributed by atoms with Gasteiger partial charge in [-0.2, -0.15) is 0 Å². The van der Waals surface area contributed by atoms with E-state index in [0.29, 0.717) is 32.1 Å². The van der Waals surface area contributed by atoms with Gasteiger partial charge >= 0.3 is 0 Å². The Bertz CT molecular complexity index is 1310. The van der Waals surface area contributed by atoms with Crippen molar-refractivity contribution in [1.82, 2.24) is 0 Å². The molecule has 0 radical (unpaired) electrons. The average Bonchev–Trinajstić information content (AvgIpc) is 3.76. The molecule has 7 rings (SSSR count).